The van der Waals surface area contributed by atoms with Gasteiger partial charge in [0.15, 0.2) is 0 Å². The highest BCUT2D eigenvalue weighted by molar-refractivity contribution is 6.02. The zero-order chi connectivity index (χ0) is 34.4. The van der Waals surface area contributed by atoms with Crippen LogP contribution in [0.4, 0.5) is 26.7 Å². The van der Waals surface area contributed by atoms with Gasteiger partial charge in [-0.25, -0.2) is 9.59 Å². The third-order valence-electron chi connectivity index (χ3n) is 6.11. The highest BCUT2D eigenvalue weighted by atomic mass is 16.7. The van der Waals surface area contributed by atoms with Gasteiger partial charge in [-0.15, -0.1) is 0 Å². The van der Waals surface area contributed by atoms with Gasteiger partial charge in [0.05, 0.1) is 11.4 Å². The molecule has 0 bridgehead atoms. The van der Waals surface area contributed by atoms with E-state index in [9.17, 15) is 14.4 Å². The fraction of sp³-hybridized carbons (Fsp3) is 0.571. The molecule has 2 rings (SSSR count). The minimum Gasteiger partial charge on any atom is -0.428 e. The second-order valence-electron chi connectivity index (χ2n) is 11.0. The van der Waals surface area contributed by atoms with Crippen LogP contribution in [0.15, 0.2) is 42.5 Å². The average Bonchev–Trinajstić information content (AvgIpc) is 3.01. The predicted octanol–water partition coefficient (Wildman–Crippen LogP) is 7.69. The number of carbonyl (C=O) groups excluding carboxylic acids is 3. The van der Waals surface area contributed by atoms with Crippen molar-refractivity contribution in [2.75, 3.05) is 55.6 Å². The average molecular weight is 631 g/mol. The van der Waals surface area contributed by atoms with Gasteiger partial charge in [0.2, 0.25) is 6.79 Å². The van der Waals surface area contributed by atoms with E-state index in [1.807, 2.05) is 77.1 Å². The molecule has 0 aliphatic heterocycles. The van der Waals surface area contributed by atoms with Gasteiger partial charge >= 0.3 is 18.1 Å². The number of aliphatic hydroxyl groups excluding tert-OH is 1. The monoisotopic (exact) mass is 630 g/mol. The van der Waals surface area contributed by atoms with Crippen LogP contribution >= 0.6 is 0 Å². The van der Waals surface area contributed by atoms with Crippen LogP contribution in [-0.2, 0) is 20.7 Å². The van der Waals surface area contributed by atoms with Crippen LogP contribution in [0.2, 0.25) is 0 Å². The van der Waals surface area contributed by atoms with Crippen molar-refractivity contribution in [1.82, 2.24) is 4.90 Å². The third kappa shape index (κ3) is 17.3. The number of benzene rings is 2. The molecule has 10 heteroatoms. The van der Waals surface area contributed by atoms with Gasteiger partial charge in [-0.1, -0.05) is 79.2 Å². The quantitative estimate of drug-likeness (QED) is 0.136. The number of nitrogens with one attached hydrogen (secondary N) is 2. The SMILES string of the molecule is CC.CC.Cc1ccc(NC(=O)Nc2cc(CCC(=O)OCOC(=O)N(C)CCCO)ccc2N(CC(C)C)CC(C)C)cc1. The van der Waals surface area contributed by atoms with Crippen molar-refractivity contribution in [2.45, 2.75) is 81.6 Å². The molecular formula is C35H58N4O6. The largest absolute Gasteiger partial charge is 0.428 e. The van der Waals surface area contributed by atoms with E-state index in [1.54, 1.807) is 7.05 Å². The fourth-order valence-electron chi connectivity index (χ4n) is 4.16. The molecule has 2 aromatic carbocycles. The Kier molecular flexibility index (Phi) is 21.6. The van der Waals surface area contributed by atoms with Gasteiger partial charge < -0.3 is 35.0 Å². The molecule has 0 atom stereocenters. The Labute approximate surface area is 271 Å². The van der Waals surface area contributed by atoms with E-state index in [0.29, 0.717) is 42.6 Å². The number of ether oxygens (including phenoxy) is 2. The van der Waals surface area contributed by atoms with Crippen LogP contribution in [0.3, 0.4) is 0 Å². The molecule has 0 heterocycles. The number of nitrogens with zero attached hydrogens (tertiary/aromatic N) is 2. The van der Waals surface area contributed by atoms with E-state index in [2.05, 4.69) is 43.2 Å². The summed E-state index contributed by atoms with van der Waals surface area (Å²) in [6.07, 6.45) is 0.260. The van der Waals surface area contributed by atoms with E-state index in [-0.39, 0.29) is 19.1 Å². The molecule has 0 saturated heterocycles. The van der Waals surface area contributed by atoms with Gasteiger partial charge in [0.25, 0.3) is 0 Å². The van der Waals surface area contributed by atoms with Crippen molar-refractivity contribution < 1.29 is 29.0 Å². The van der Waals surface area contributed by atoms with Crippen molar-refractivity contribution in [3.63, 3.8) is 0 Å². The normalized spacial score (nSPS) is 10.2. The maximum atomic E-state index is 13.0. The second kappa shape index (κ2) is 23.6. The van der Waals surface area contributed by atoms with E-state index < -0.39 is 18.9 Å². The number of rotatable bonds is 15. The van der Waals surface area contributed by atoms with Gasteiger partial charge in [-0.3, -0.25) is 4.79 Å². The van der Waals surface area contributed by atoms with E-state index in [0.717, 1.165) is 29.9 Å². The summed E-state index contributed by atoms with van der Waals surface area (Å²) in [4.78, 5) is 40.7. The molecule has 0 unspecified atom stereocenters. The summed E-state index contributed by atoms with van der Waals surface area (Å²) in [5.74, 6) is 0.328. The minimum absolute atomic E-state index is 0.0320. The van der Waals surface area contributed by atoms with Crippen molar-refractivity contribution in [2.24, 2.45) is 11.8 Å². The van der Waals surface area contributed by atoms with Gasteiger partial charge in [-0.05, 0) is 61.4 Å². The zero-order valence-corrected chi connectivity index (χ0v) is 29.2. The van der Waals surface area contributed by atoms with Crippen LogP contribution in [0.25, 0.3) is 0 Å². The Balaban J connectivity index is 0.00000464. The van der Waals surface area contributed by atoms with Crippen molar-refractivity contribution in [3.05, 3.63) is 53.6 Å². The molecule has 0 aliphatic rings. The fourth-order valence-corrected chi connectivity index (χ4v) is 4.16. The second-order valence-corrected chi connectivity index (χ2v) is 11.0. The van der Waals surface area contributed by atoms with Gasteiger partial charge in [0.1, 0.15) is 0 Å². The molecule has 0 aromatic heterocycles. The van der Waals surface area contributed by atoms with Gasteiger partial charge in [-0.2, -0.15) is 0 Å². The summed E-state index contributed by atoms with van der Waals surface area (Å²) < 4.78 is 10.0. The van der Waals surface area contributed by atoms with E-state index in [1.165, 1.54) is 4.90 Å². The molecule has 254 valence electrons. The molecule has 3 N–H and O–H groups in total. The standard InChI is InChI=1S/C31H46N4O6.2C2H6/c1-22(2)19-35(20-23(3)4)28-14-10-25(11-15-29(37)40-21-41-31(39)34(6)16-7-17-36)18-27(28)33-30(38)32-26-12-8-24(5)9-13-26;2*1-2/h8-10,12-14,18,22-23,36H,7,11,15-17,19-21H2,1-6H3,(H2,32,33,38);2*1-2H3. The lowest BCUT2D eigenvalue weighted by Gasteiger charge is -2.30. The Hall–Kier alpha value is -3.79. The predicted molar refractivity (Wildman–Crippen MR) is 185 cm³/mol. The number of hydrogen-bond donors (Lipinski definition) is 3. The van der Waals surface area contributed by atoms with Crippen molar-refractivity contribution >= 4 is 35.2 Å². The molecule has 0 aliphatic carbocycles. The number of esters is 1. The molecule has 3 amide bonds. The van der Waals surface area contributed by atoms with Crippen molar-refractivity contribution in [1.29, 1.82) is 0 Å². The number of anilines is 3. The molecule has 45 heavy (non-hydrogen) atoms. The summed E-state index contributed by atoms with van der Waals surface area (Å²) in [6, 6.07) is 13.0. The lowest BCUT2D eigenvalue weighted by molar-refractivity contribution is -0.152. The summed E-state index contributed by atoms with van der Waals surface area (Å²) >= 11 is 0. The lowest BCUT2D eigenvalue weighted by atomic mass is 10.1. The molecule has 2 aromatic rings. The Morgan fingerprint density at radius 1 is 0.867 bits per heavy atom. The number of hydrogen-bond acceptors (Lipinski definition) is 7. The minimum atomic E-state index is -0.631. The Bertz CT molecular complexity index is 1110. The van der Waals surface area contributed by atoms with Crippen molar-refractivity contribution in [3.8, 4) is 0 Å². The Morgan fingerprint density at radius 3 is 2.02 bits per heavy atom. The maximum Gasteiger partial charge on any atom is 0.412 e. The number of amides is 3. The Morgan fingerprint density at radius 2 is 1.47 bits per heavy atom. The first kappa shape index (κ1) is 41.2. The van der Waals surface area contributed by atoms with Crippen LogP contribution < -0.4 is 15.5 Å². The summed E-state index contributed by atoms with van der Waals surface area (Å²) in [5.41, 5.74) is 4.21. The molecule has 10 nitrogen and oxygen atoms in total. The number of aryl methyl sites for hydroxylation is 2. The third-order valence-corrected chi connectivity index (χ3v) is 6.11. The first-order valence-electron chi connectivity index (χ1n) is 16.1. The van der Waals surface area contributed by atoms with E-state index in [4.69, 9.17) is 14.6 Å². The number of urea groups is 1. The lowest BCUT2D eigenvalue weighted by Crippen LogP contribution is -2.32. The molecule has 0 fully saturated rings. The molecule has 0 saturated carbocycles. The van der Waals surface area contributed by atoms with Crippen LogP contribution in [0.5, 0.6) is 0 Å². The smallest absolute Gasteiger partial charge is 0.412 e. The van der Waals surface area contributed by atoms with Crippen LogP contribution in [-0.4, -0.2) is 68.2 Å². The first-order valence-corrected chi connectivity index (χ1v) is 16.1. The van der Waals surface area contributed by atoms with E-state index >= 15 is 0 Å². The zero-order valence-electron chi connectivity index (χ0n) is 29.2. The highest BCUT2D eigenvalue weighted by Crippen LogP contribution is 2.30. The molecule has 0 spiro atoms. The molecule has 0 radical (unpaired) electrons. The number of aliphatic hydroxyl groups is 1. The molecular weight excluding hydrogens is 572 g/mol. The first-order chi connectivity index (χ1) is 21.5. The number of carbonyl (C=O) groups is 3. The topological polar surface area (TPSA) is 120 Å². The van der Waals surface area contributed by atoms with Gasteiger partial charge in [0, 0.05) is 45.4 Å². The summed E-state index contributed by atoms with van der Waals surface area (Å²) in [7, 11) is 1.54. The van der Waals surface area contributed by atoms with Crippen LogP contribution in [0.1, 0.15) is 79.4 Å². The summed E-state index contributed by atoms with van der Waals surface area (Å²) in [6.45, 7) is 20.1. The highest BCUT2D eigenvalue weighted by Gasteiger charge is 2.18. The summed E-state index contributed by atoms with van der Waals surface area (Å²) in [5, 5.41) is 14.8. The van der Waals surface area contributed by atoms with Crippen LogP contribution in [0, 0.1) is 18.8 Å². The maximum absolute atomic E-state index is 13.0.